The molecule has 0 amide bonds. The monoisotopic (exact) mass is 285 g/mol. The molecule has 0 N–H and O–H groups in total. The third-order valence-electron chi connectivity index (χ3n) is 6.00. The molecular weight excluding hydrogens is 254 g/mol. The van der Waals surface area contributed by atoms with E-state index in [-0.39, 0.29) is 0 Å². The second kappa shape index (κ2) is 6.96. The summed E-state index contributed by atoms with van der Waals surface area (Å²) >= 11 is 0. The first-order valence-corrected chi connectivity index (χ1v) is 9.03. The van der Waals surface area contributed by atoms with Gasteiger partial charge in [-0.25, -0.2) is 0 Å². The van der Waals surface area contributed by atoms with Crippen LogP contribution in [0.4, 0.5) is 0 Å². The van der Waals surface area contributed by atoms with Crippen molar-refractivity contribution >= 4 is 0 Å². The smallest absolute Gasteiger partial charge is 0.00954 e. The standard InChI is InChI=1S/C20H31N/c1-16(2)17-8-10-20(11-9-17)21-14-12-19(13-15-21)18-6-4-3-5-7-18/h3-7,16-17,19-20H,8-15H2,1-2H3. The predicted octanol–water partition coefficient (Wildman–Crippen LogP) is 5.08. The molecule has 1 aliphatic carbocycles. The Morgan fingerprint density at radius 1 is 0.857 bits per heavy atom. The highest BCUT2D eigenvalue weighted by atomic mass is 15.2. The van der Waals surface area contributed by atoms with Gasteiger partial charge in [-0.1, -0.05) is 44.2 Å². The van der Waals surface area contributed by atoms with Gasteiger partial charge in [0.2, 0.25) is 0 Å². The van der Waals surface area contributed by atoms with E-state index in [9.17, 15) is 0 Å². The first-order chi connectivity index (χ1) is 10.2. The molecule has 0 atom stereocenters. The van der Waals surface area contributed by atoms with E-state index in [1.54, 1.807) is 5.56 Å². The summed E-state index contributed by atoms with van der Waals surface area (Å²) < 4.78 is 0. The Kier molecular flexibility index (Phi) is 5.00. The minimum Gasteiger partial charge on any atom is -0.300 e. The van der Waals surface area contributed by atoms with Crippen molar-refractivity contribution in [3.8, 4) is 0 Å². The van der Waals surface area contributed by atoms with Crippen molar-refractivity contribution in [1.29, 1.82) is 0 Å². The highest BCUT2D eigenvalue weighted by Crippen LogP contribution is 2.35. The van der Waals surface area contributed by atoms with E-state index < -0.39 is 0 Å². The van der Waals surface area contributed by atoms with Crippen molar-refractivity contribution in [2.75, 3.05) is 13.1 Å². The summed E-state index contributed by atoms with van der Waals surface area (Å²) in [6.45, 7) is 7.43. The van der Waals surface area contributed by atoms with Crippen molar-refractivity contribution in [3.05, 3.63) is 35.9 Å². The number of benzene rings is 1. The summed E-state index contributed by atoms with van der Waals surface area (Å²) in [6, 6.07) is 12.0. The molecule has 1 aromatic rings. The Morgan fingerprint density at radius 2 is 1.48 bits per heavy atom. The highest BCUT2D eigenvalue weighted by Gasteiger charge is 2.30. The molecule has 0 spiro atoms. The van der Waals surface area contributed by atoms with Crippen molar-refractivity contribution in [1.82, 2.24) is 4.90 Å². The Morgan fingerprint density at radius 3 is 2.05 bits per heavy atom. The second-order valence-corrected chi connectivity index (χ2v) is 7.53. The fourth-order valence-corrected chi connectivity index (χ4v) is 4.46. The maximum absolute atomic E-state index is 2.80. The number of nitrogens with zero attached hydrogens (tertiary/aromatic N) is 1. The van der Waals surface area contributed by atoms with E-state index in [4.69, 9.17) is 0 Å². The van der Waals surface area contributed by atoms with E-state index >= 15 is 0 Å². The Bertz CT molecular complexity index is 409. The molecule has 1 nitrogen and oxygen atoms in total. The molecule has 1 aliphatic heterocycles. The molecule has 1 saturated heterocycles. The van der Waals surface area contributed by atoms with Gasteiger partial charge < -0.3 is 4.90 Å². The summed E-state index contributed by atoms with van der Waals surface area (Å²) in [4.78, 5) is 2.80. The van der Waals surface area contributed by atoms with Crippen LogP contribution in [0.25, 0.3) is 0 Å². The van der Waals surface area contributed by atoms with Gasteiger partial charge in [0.1, 0.15) is 0 Å². The van der Waals surface area contributed by atoms with Crippen LogP contribution >= 0.6 is 0 Å². The van der Waals surface area contributed by atoms with Gasteiger partial charge in [0, 0.05) is 6.04 Å². The van der Waals surface area contributed by atoms with Crippen LogP contribution in [0, 0.1) is 11.8 Å². The lowest BCUT2D eigenvalue weighted by Gasteiger charge is -2.41. The van der Waals surface area contributed by atoms with Crippen LogP contribution in [0.3, 0.4) is 0 Å². The third kappa shape index (κ3) is 3.69. The number of hydrogen-bond acceptors (Lipinski definition) is 1. The van der Waals surface area contributed by atoms with Crippen molar-refractivity contribution in [3.63, 3.8) is 0 Å². The van der Waals surface area contributed by atoms with E-state index in [0.717, 1.165) is 23.8 Å². The SMILES string of the molecule is CC(C)C1CCC(N2CCC(c3ccccc3)CC2)CC1. The normalized spacial score (nSPS) is 28.9. The maximum atomic E-state index is 2.80. The van der Waals surface area contributed by atoms with Gasteiger partial charge in [-0.05, 0) is 74.9 Å². The highest BCUT2D eigenvalue weighted by molar-refractivity contribution is 5.20. The van der Waals surface area contributed by atoms with Gasteiger partial charge in [-0.15, -0.1) is 0 Å². The molecule has 2 aliphatic rings. The molecule has 116 valence electrons. The molecule has 1 saturated carbocycles. The summed E-state index contributed by atoms with van der Waals surface area (Å²) in [5, 5.41) is 0. The molecule has 0 radical (unpaired) electrons. The second-order valence-electron chi connectivity index (χ2n) is 7.53. The first-order valence-electron chi connectivity index (χ1n) is 9.03. The summed E-state index contributed by atoms with van der Waals surface area (Å²) in [5.41, 5.74) is 1.56. The molecular formula is C20H31N. The predicted molar refractivity (Wildman–Crippen MR) is 90.6 cm³/mol. The Labute approximate surface area is 130 Å². The molecule has 1 heterocycles. The largest absolute Gasteiger partial charge is 0.300 e. The summed E-state index contributed by atoms with van der Waals surface area (Å²) in [5.74, 6) is 2.67. The van der Waals surface area contributed by atoms with E-state index in [1.807, 2.05) is 0 Å². The van der Waals surface area contributed by atoms with E-state index in [2.05, 4.69) is 49.1 Å². The van der Waals surface area contributed by atoms with Gasteiger partial charge in [0.25, 0.3) is 0 Å². The minimum atomic E-state index is 0.800. The lowest BCUT2D eigenvalue weighted by molar-refractivity contribution is 0.0982. The quantitative estimate of drug-likeness (QED) is 0.748. The van der Waals surface area contributed by atoms with Crippen LogP contribution in [-0.4, -0.2) is 24.0 Å². The minimum absolute atomic E-state index is 0.800. The van der Waals surface area contributed by atoms with Gasteiger partial charge in [0.05, 0.1) is 0 Å². The number of rotatable bonds is 3. The van der Waals surface area contributed by atoms with Crippen molar-refractivity contribution in [2.24, 2.45) is 11.8 Å². The zero-order valence-corrected chi connectivity index (χ0v) is 13.8. The zero-order chi connectivity index (χ0) is 14.7. The van der Waals surface area contributed by atoms with Crippen LogP contribution in [-0.2, 0) is 0 Å². The average molecular weight is 285 g/mol. The molecule has 0 bridgehead atoms. The first kappa shape index (κ1) is 15.1. The maximum Gasteiger partial charge on any atom is 0.00954 e. The Balaban J connectivity index is 1.48. The summed E-state index contributed by atoms with van der Waals surface area (Å²) in [6.07, 6.45) is 8.52. The van der Waals surface area contributed by atoms with Gasteiger partial charge in [-0.3, -0.25) is 0 Å². The third-order valence-corrected chi connectivity index (χ3v) is 6.00. The number of likely N-dealkylation sites (tertiary alicyclic amines) is 1. The van der Waals surface area contributed by atoms with Crippen LogP contribution in [0.1, 0.15) is 63.9 Å². The van der Waals surface area contributed by atoms with E-state index in [1.165, 1.54) is 51.6 Å². The topological polar surface area (TPSA) is 3.24 Å². The zero-order valence-electron chi connectivity index (χ0n) is 13.8. The molecule has 3 rings (SSSR count). The van der Waals surface area contributed by atoms with E-state index in [0.29, 0.717) is 0 Å². The fourth-order valence-electron chi connectivity index (χ4n) is 4.46. The van der Waals surface area contributed by atoms with Gasteiger partial charge in [0.15, 0.2) is 0 Å². The molecule has 21 heavy (non-hydrogen) atoms. The Hall–Kier alpha value is -0.820. The van der Waals surface area contributed by atoms with Crippen LogP contribution in [0.15, 0.2) is 30.3 Å². The summed E-state index contributed by atoms with van der Waals surface area (Å²) in [7, 11) is 0. The van der Waals surface area contributed by atoms with Gasteiger partial charge in [-0.2, -0.15) is 0 Å². The molecule has 1 aromatic carbocycles. The van der Waals surface area contributed by atoms with Crippen LogP contribution < -0.4 is 0 Å². The lowest BCUT2D eigenvalue weighted by atomic mass is 9.78. The number of hydrogen-bond donors (Lipinski definition) is 0. The average Bonchev–Trinajstić information content (AvgIpc) is 2.56. The van der Waals surface area contributed by atoms with Crippen molar-refractivity contribution < 1.29 is 0 Å². The van der Waals surface area contributed by atoms with Crippen molar-refractivity contribution in [2.45, 2.75) is 64.3 Å². The number of piperidine rings is 1. The van der Waals surface area contributed by atoms with Crippen LogP contribution in [0.5, 0.6) is 0 Å². The molecule has 0 unspecified atom stereocenters. The molecule has 0 aromatic heterocycles. The van der Waals surface area contributed by atoms with Gasteiger partial charge >= 0.3 is 0 Å². The lowest BCUT2D eigenvalue weighted by Crippen LogP contribution is -2.43. The molecule has 2 fully saturated rings. The fraction of sp³-hybridized carbons (Fsp3) is 0.700. The molecule has 1 heteroatoms. The van der Waals surface area contributed by atoms with Crippen LogP contribution in [0.2, 0.25) is 0 Å².